The molecule has 0 aliphatic heterocycles. The number of carbonyl (C=O) groups excluding carboxylic acids is 1. The third-order valence-corrected chi connectivity index (χ3v) is 3.46. The highest BCUT2D eigenvalue weighted by Crippen LogP contribution is 2.21. The molecule has 110 valence electrons. The van der Waals surface area contributed by atoms with Crippen molar-refractivity contribution in [1.29, 1.82) is 0 Å². The summed E-state index contributed by atoms with van der Waals surface area (Å²) < 4.78 is 0. The minimum atomic E-state index is 0.0168. The van der Waals surface area contributed by atoms with Gasteiger partial charge < -0.3 is 11.1 Å². The van der Waals surface area contributed by atoms with Crippen molar-refractivity contribution in [1.82, 2.24) is 5.32 Å². The zero-order valence-electron chi connectivity index (χ0n) is 12.5. The molecule has 3 nitrogen and oxygen atoms in total. The summed E-state index contributed by atoms with van der Waals surface area (Å²) in [6.45, 7) is 4.22. The third kappa shape index (κ3) is 4.35. The molecule has 0 aliphatic rings. The standard InChI is InChI=1S/C18H22N2O/c1-13(2)18(15-8-4-3-5-9-15)20-17(21)12-14-7-6-10-16(19)11-14/h3-11,13,18H,12,19H2,1-2H3,(H,20,21). The number of nitrogens with two attached hydrogens (primary N) is 1. The summed E-state index contributed by atoms with van der Waals surface area (Å²) >= 11 is 0. The second-order valence-corrected chi connectivity index (χ2v) is 5.62. The average Bonchev–Trinajstić information content (AvgIpc) is 2.45. The average molecular weight is 282 g/mol. The lowest BCUT2D eigenvalue weighted by molar-refractivity contribution is -0.121. The van der Waals surface area contributed by atoms with Crippen LogP contribution in [0.1, 0.15) is 31.0 Å². The normalized spacial score (nSPS) is 12.1. The molecule has 0 saturated carbocycles. The zero-order valence-corrected chi connectivity index (χ0v) is 12.5. The zero-order chi connectivity index (χ0) is 15.2. The van der Waals surface area contributed by atoms with Crippen LogP contribution in [0.4, 0.5) is 5.69 Å². The molecule has 0 spiro atoms. The highest BCUT2D eigenvalue weighted by Gasteiger charge is 2.18. The van der Waals surface area contributed by atoms with Gasteiger partial charge in [-0.3, -0.25) is 4.79 Å². The molecule has 0 aliphatic carbocycles. The Hall–Kier alpha value is -2.29. The first-order chi connectivity index (χ1) is 10.1. The summed E-state index contributed by atoms with van der Waals surface area (Å²) in [5.41, 5.74) is 8.49. The molecule has 0 aromatic heterocycles. The van der Waals surface area contributed by atoms with E-state index in [1.165, 1.54) is 0 Å². The van der Waals surface area contributed by atoms with Crippen molar-refractivity contribution in [3.05, 3.63) is 65.7 Å². The van der Waals surface area contributed by atoms with Crippen LogP contribution in [0, 0.1) is 5.92 Å². The molecule has 1 amide bonds. The fourth-order valence-electron chi connectivity index (χ4n) is 2.41. The number of hydrogen-bond donors (Lipinski definition) is 2. The van der Waals surface area contributed by atoms with Crippen LogP contribution >= 0.6 is 0 Å². The second-order valence-electron chi connectivity index (χ2n) is 5.62. The summed E-state index contributed by atoms with van der Waals surface area (Å²) in [5, 5.41) is 3.12. The number of amides is 1. The molecule has 2 aromatic carbocycles. The van der Waals surface area contributed by atoms with Crippen molar-refractivity contribution in [2.75, 3.05) is 5.73 Å². The highest BCUT2D eigenvalue weighted by molar-refractivity contribution is 5.79. The van der Waals surface area contributed by atoms with E-state index in [1.807, 2.05) is 54.6 Å². The Bertz CT molecular complexity index is 593. The van der Waals surface area contributed by atoms with Crippen molar-refractivity contribution in [2.45, 2.75) is 26.3 Å². The predicted molar refractivity (Wildman–Crippen MR) is 86.7 cm³/mol. The van der Waals surface area contributed by atoms with E-state index in [-0.39, 0.29) is 11.9 Å². The predicted octanol–water partition coefficient (Wildman–Crippen LogP) is 3.32. The van der Waals surface area contributed by atoms with E-state index in [0.29, 0.717) is 18.0 Å². The van der Waals surface area contributed by atoms with Gasteiger partial charge >= 0.3 is 0 Å². The molecule has 0 heterocycles. The van der Waals surface area contributed by atoms with Gasteiger partial charge in [0.15, 0.2) is 0 Å². The van der Waals surface area contributed by atoms with Crippen molar-refractivity contribution < 1.29 is 4.79 Å². The molecule has 0 fully saturated rings. The van der Waals surface area contributed by atoms with E-state index in [1.54, 1.807) is 0 Å². The largest absolute Gasteiger partial charge is 0.399 e. The fraction of sp³-hybridized carbons (Fsp3) is 0.278. The van der Waals surface area contributed by atoms with Gasteiger partial charge in [-0.25, -0.2) is 0 Å². The molecule has 1 atom stereocenters. The monoisotopic (exact) mass is 282 g/mol. The Morgan fingerprint density at radius 1 is 1.10 bits per heavy atom. The first-order valence-corrected chi connectivity index (χ1v) is 7.25. The number of nitrogens with one attached hydrogen (secondary N) is 1. The first-order valence-electron chi connectivity index (χ1n) is 7.25. The van der Waals surface area contributed by atoms with Gasteiger partial charge in [0.2, 0.25) is 5.91 Å². The topological polar surface area (TPSA) is 55.1 Å². The van der Waals surface area contributed by atoms with Gasteiger partial charge in [-0.1, -0.05) is 56.3 Å². The molecule has 2 rings (SSSR count). The van der Waals surface area contributed by atoms with E-state index >= 15 is 0 Å². The van der Waals surface area contributed by atoms with Crippen LogP contribution in [0.5, 0.6) is 0 Å². The number of rotatable bonds is 5. The molecule has 0 radical (unpaired) electrons. The Morgan fingerprint density at radius 3 is 2.43 bits per heavy atom. The Kier molecular flexibility index (Phi) is 4.99. The van der Waals surface area contributed by atoms with Crippen LogP contribution in [0.2, 0.25) is 0 Å². The number of hydrogen-bond acceptors (Lipinski definition) is 2. The fourth-order valence-corrected chi connectivity index (χ4v) is 2.41. The Balaban J connectivity index is 2.05. The molecule has 0 saturated heterocycles. The molecule has 21 heavy (non-hydrogen) atoms. The van der Waals surface area contributed by atoms with Crippen LogP contribution in [0.15, 0.2) is 54.6 Å². The lowest BCUT2D eigenvalue weighted by Crippen LogP contribution is -2.32. The number of nitrogen functional groups attached to an aromatic ring is 1. The maximum atomic E-state index is 12.3. The van der Waals surface area contributed by atoms with Gasteiger partial charge in [0.1, 0.15) is 0 Å². The van der Waals surface area contributed by atoms with Gasteiger partial charge in [-0.2, -0.15) is 0 Å². The van der Waals surface area contributed by atoms with Crippen molar-refractivity contribution in [3.8, 4) is 0 Å². The van der Waals surface area contributed by atoms with Crippen molar-refractivity contribution in [3.63, 3.8) is 0 Å². The van der Waals surface area contributed by atoms with Crippen LogP contribution in [-0.4, -0.2) is 5.91 Å². The smallest absolute Gasteiger partial charge is 0.224 e. The number of benzene rings is 2. The highest BCUT2D eigenvalue weighted by atomic mass is 16.1. The minimum absolute atomic E-state index is 0.0168. The van der Waals surface area contributed by atoms with E-state index in [4.69, 9.17) is 5.73 Å². The maximum Gasteiger partial charge on any atom is 0.224 e. The molecular formula is C18H22N2O. The summed E-state index contributed by atoms with van der Waals surface area (Å²) in [6, 6.07) is 17.5. The van der Waals surface area contributed by atoms with E-state index in [9.17, 15) is 4.79 Å². The Labute approximate surface area is 126 Å². The SMILES string of the molecule is CC(C)C(NC(=O)Cc1cccc(N)c1)c1ccccc1. The summed E-state index contributed by atoms with van der Waals surface area (Å²) in [6.07, 6.45) is 0.348. The van der Waals surface area contributed by atoms with Crippen LogP contribution < -0.4 is 11.1 Å². The molecule has 2 aromatic rings. The number of carbonyl (C=O) groups is 1. The molecule has 3 heteroatoms. The Morgan fingerprint density at radius 2 is 1.81 bits per heavy atom. The van der Waals surface area contributed by atoms with E-state index in [2.05, 4.69) is 19.2 Å². The van der Waals surface area contributed by atoms with E-state index < -0.39 is 0 Å². The molecular weight excluding hydrogens is 260 g/mol. The van der Waals surface area contributed by atoms with Crippen molar-refractivity contribution in [2.24, 2.45) is 5.92 Å². The van der Waals surface area contributed by atoms with E-state index in [0.717, 1.165) is 11.1 Å². The summed E-state index contributed by atoms with van der Waals surface area (Å²) in [7, 11) is 0. The van der Waals surface area contributed by atoms with Gasteiger partial charge in [-0.05, 0) is 29.2 Å². The van der Waals surface area contributed by atoms with Crippen LogP contribution in [-0.2, 0) is 11.2 Å². The lowest BCUT2D eigenvalue weighted by Gasteiger charge is -2.23. The van der Waals surface area contributed by atoms with Crippen molar-refractivity contribution >= 4 is 11.6 Å². The lowest BCUT2D eigenvalue weighted by atomic mass is 9.95. The molecule has 0 bridgehead atoms. The van der Waals surface area contributed by atoms with Gasteiger partial charge in [0, 0.05) is 5.69 Å². The quantitative estimate of drug-likeness (QED) is 0.826. The summed E-state index contributed by atoms with van der Waals surface area (Å²) in [5.74, 6) is 0.348. The maximum absolute atomic E-state index is 12.3. The summed E-state index contributed by atoms with van der Waals surface area (Å²) in [4.78, 5) is 12.3. The van der Waals surface area contributed by atoms with Gasteiger partial charge in [0.25, 0.3) is 0 Å². The van der Waals surface area contributed by atoms with Crippen LogP contribution in [0.3, 0.4) is 0 Å². The number of anilines is 1. The van der Waals surface area contributed by atoms with Crippen LogP contribution in [0.25, 0.3) is 0 Å². The first kappa shape index (κ1) is 15.1. The molecule has 1 unspecified atom stereocenters. The molecule has 3 N–H and O–H groups in total. The minimum Gasteiger partial charge on any atom is -0.399 e. The van der Waals surface area contributed by atoms with Gasteiger partial charge in [-0.15, -0.1) is 0 Å². The second kappa shape index (κ2) is 6.93. The third-order valence-electron chi connectivity index (χ3n) is 3.46. The van der Waals surface area contributed by atoms with Gasteiger partial charge in [0.05, 0.1) is 12.5 Å².